The van der Waals surface area contributed by atoms with Crippen molar-refractivity contribution in [1.29, 1.82) is 0 Å². The summed E-state index contributed by atoms with van der Waals surface area (Å²) in [6.07, 6.45) is 0. The first-order chi connectivity index (χ1) is 6.56. The Hall–Kier alpha value is -1.55. The van der Waals surface area contributed by atoms with Gasteiger partial charge in [0, 0.05) is 12.7 Å². The molecular formula is C10H15N3O. The molecule has 0 saturated heterocycles. The molecule has 0 unspecified atom stereocenters. The van der Waals surface area contributed by atoms with Crippen LogP contribution in [0.4, 0.5) is 10.5 Å². The second kappa shape index (κ2) is 4.11. The molecule has 0 aliphatic rings. The molecule has 0 heterocycles. The van der Waals surface area contributed by atoms with Gasteiger partial charge in [-0.2, -0.15) is 0 Å². The largest absolute Gasteiger partial charge is 0.335 e. The van der Waals surface area contributed by atoms with Gasteiger partial charge >= 0.3 is 6.03 Å². The van der Waals surface area contributed by atoms with Gasteiger partial charge in [-0.1, -0.05) is 6.07 Å². The molecular weight excluding hydrogens is 178 g/mol. The van der Waals surface area contributed by atoms with Gasteiger partial charge in [-0.15, -0.1) is 0 Å². The van der Waals surface area contributed by atoms with Crippen molar-refractivity contribution in [2.75, 3.05) is 11.9 Å². The number of nitrogens with two attached hydrogens (primary N) is 1. The third kappa shape index (κ3) is 2.03. The number of benzene rings is 1. The highest BCUT2D eigenvalue weighted by Crippen LogP contribution is 2.17. The summed E-state index contributed by atoms with van der Waals surface area (Å²) >= 11 is 0. The van der Waals surface area contributed by atoms with Crippen LogP contribution in [-0.2, 0) is 0 Å². The van der Waals surface area contributed by atoms with E-state index in [1.54, 1.807) is 7.05 Å². The number of aryl methyl sites for hydroxylation is 2. The van der Waals surface area contributed by atoms with Crippen molar-refractivity contribution in [3.63, 3.8) is 0 Å². The van der Waals surface area contributed by atoms with Crippen molar-refractivity contribution in [3.05, 3.63) is 29.3 Å². The van der Waals surface area contributed by atoms with E-state index >= 15 is 0 Å². The standard InChI is InChI=1S/C10H15N3O/c1-7-4-5-9(6-8(7)2)13(3)10(14)12-11/h4-6H,11H2,1-3H3,(H,12,14). The van der Waals surface area contributed by atoms with Crippen LogP contribution in [0.5, 0.6) is 0 Å². The van der Waals surface area contributed by atoms with Crippen molar-refractivity contribution in [2.24, 2.45) is 5.84 Å². The van der Waals surface area contributed by atoms with E-state index in [2.05, 4.69) is 5.43 Å². The van der Waals surface area contributed by atoms with Gasteiger partial charge in [-0.05, 0) is 37.1 Å². The number of rotatable bonds is 1. The van der Waals surface area contributed by atoms with E-state index in [0.29, 0.717) is 0 Å². The zero-order chi connectivity index (χ0) is 10.7. The number of carbonyl (C=O) groups is 1. The van der Waals surface area contributed by atoms with Crippen LogP contribution >= 0.6 is 0 Å². The Morgan fingerprint density at radius 1 is 1.36 bits per heavy atom. The van der Waals surface area contributed by atoms with Gasteiger partial charge in [-0.3, -0.25) is 10.3 Å². The second-order valence-corrected chi connectivity index (χ2v) is 3.28. The highest BCUT2D eigenvalue weighted by atomic mass is 16.2. The predicted molar refractivity (Wildman–Crippen MR) is 57.0 cm³/mol. The molecule has 0 fully saturated rings. The summed E-state index contributed by atoms with van der Waals surface area (Å²) in [6, 6.07) is 5.49. The van der Waals surface area contributed by atoms with Crippen LogP contribution in [0.25, 0.3) is 0 Å². The van der Waals surface area contributed by atoms with Crippen molar-refractivity contribution in [1.82, 2.24) is 5.43 Å². The number of nitrogens with one attached hydrogen (secondary N) is 1. The summed E-state index contributed by atoms with van der Waals surface area (Å²) in [5, 5.41) is 0. The lowest BCUT2D eigenvalue weighted by atomic mass is 10.1. The van der Waals surface area contributed by atoms with Crippen LogP contribution < -0.4 is 16.2 Å². The van der Waals surface area contributed by atoms with Crippen LogP contribution in [-0.4, -0.2) is 13.1 Å². The first kappa shape index (κ1) is 10.5. The minimum atomic E-state index is -0.326. The lowest BCUT2D eigenvalue weighted by Gasteiger charge is -2.17. The molecule has 0 saturated carbocycles. The van der Waals surface area contributed by atoms with E-state index in [1.807, 2.05) is 32.0 Å². The first-order valence-corrected chi connectivity index (χ1v) is 4.38. The molecule has 0 radical (unpaired) electrons. The molecule has 3 N–H and O–H groups in total. The normalized spacial score (nSPS) is 9.71. The maximum Gasteiger partial charge on any atom is 0.335 e. The van der Waals surface area contributed by atoms with Crippen LogP contribution in [0.3, 0.4) is 0 Å². The van der Waals surface area contributed by atoms with E-state index in [4.69, 9.17) is 5.84 Å². The lowest BCUT2D eigenvalue weighted by Crippen LogP contribution is -2.41. The third-order valence-electron chi connectivity index (χ3n) is 2.31. The first-order valence-electron chi connectivity index (χ1n) is 4.38. The maximum atomic E-state index is 11.2. The summed E-state index contributed by atoms with van der Waals surface area (Å²) < 4.78 is 0. The van der Waals surface area contributed by atoms with Gasteiger partial charge in [0.15, 0.2) is 0 Å². The van der Waals surface area contributed by atoms with Crippen molar-refractivity contribution < 1.29 is 4.79 Å². The molecule has 4 nitrogen and oxygen atoms in total. The molecule has 1 aromatic carbocycles. The monoisotopic (exact) mass is 193 g/mol. The van der Waals surface area contributed by atoms with Gasteiger partial charge < -0.3 is 0 Å². The number of carbonyl (C=O) groups excluding carboxylic acids is 1. The number of amides is 2. The maximum absolute atomic E-state index is 11.2. The summed E-state index contributed by atoms with van der Waals surface area (Å²) in [5.41, 5.74) is 5.27. The predicted octanol–water partition coefficient (Wildman–Crippen LogP) is 1.32. The van der Waals surface area contributed by atoms with Crippen LogP contribution in [0, 0.1) is 13.8 Å². The minimum absolute atomic E-state index is 0.326. The number of hydrogen-bond acceptors (Lipinski definition) is 2. The van der Waals surface area contributed by atoms with Gasteiger partial charge in [0.2, 0.25) is 0 Å². The highest BCUT2D eigenvalue weighted by molar-refractivity contribution is 5.91. The molecule has 0 aliphatic heterocycles. The fourth-order valence-corrected chi connectivity index (χ4v) is 1.15. The van der Waals surface area contributed by atoms with Gasteiger partial charge in [0.1, 0.15) is 0 Å². The molecule has 2 amide bonds. The topological polar surface area (TPSA) is 58.4 Å². The van der Waals surface area contributed by atoms with Crippen LogP contribution in [0.2, 0.25) is 0 Å². The fourth-order valence-electron chi connectivity index (χ4n) is 1.15. The number of hydrogen-bond donors (Lipinski definition) is 2. The van der Waals surface area contributed by atoms with Crippen molar-refractivity contribution >= 4 is 11.7 Å². The Labute approximate surface area is 83.7 Å². The number of urea groups is 1. The minimum Gasteiger partial charge on any atom is -0.296 e. The van der Waals surface area contributed by atoms with E-state index in [-0.39, 0.29) is 6.03 Å². The summed E-state index contributed by atoms with van der Waals surface area (Å²) in [6.45, 7) is 4.04. The molecule has 1 rings (SSSR count). The average molecular weight is 193 g/mol. The molecule has 4 heteroatoms. The Kier molecular flexibility index (Phi) is 3.09. The summed E-state index contributed by atoms with van der Waals surface area (Å²) in [4.78, 5) is 12.7. The fraction of sp³-hybridized carbons (Fsp3) is 0.300. The van der Waals surface area contributed by atoms with Gasteiger partial charge in [-0.25, -0.2) is 10.6 Å². The van der Waals surface area contributed by atoms with Crippen molar-refractivity contribution in [2.45, 2.75) is 13.8 Å². The zero-order valence-corrected chi connectivity index (χ0v) is 8.66. The number of hydrazine groups is 1. The van der Waals surface area contributed by atoms with E-state index < -0.39 is 0 Å². The molecule has 14 heavy (non-hydrogen) atoms. The Balaban J connectivity index is 2.96. The molecule has 0 spiro atoms. The summed E-state index contributed by atoms with van der Waals surface area (Å²) in [5.74, 6) is 5.04. The third-order valence-corrected chi connectivity index (χ3v) is 2.31. The molecule has 1 aromatic rings. The van der Waals surface area contributed by atoms with Crippen LogP contribution in [0.1, 0.15) is 11.1 Å². The Bertz CT molecular complexity index is 349. The molecule has 0 aromatic heterocycles. The molecule has 0 atom stereocenters. The molecule has 0 bridgehead atoms. The zero-order valence-electron chi connectivity index (χ0n) is 8.66. The number of anilines is 1. The Morgan fingerprint density at radius 3 is 2.50 bits per heavy atom. The second-order valence-electron chi connectivity index (χ2n) is 3.28. The van der Waals surface area contributed by atoms with E-state index in [0.717, 1.165) is 11.3 Å². The lowest BCUT2D eigenvalue weighted by molar-refractivity contribution is 0.247. The van der Waals surface area contributed by atoms with Gasteiger partial charge in [0.25, 0.3) is 0 Å². The van der Waals surface area contributed by atoms with Gasteiger partial charge in [0.05, 0.1) is 0 Å². The van der Waals surface area contributed by atoms with Crippen molar-refractivity contribution in [3.8, 4) is 0 Å². The molecule has 76 valence electrons. The SMILES string of the molecule is Cc1ccc(N(C)C(=O)NN)cc1C. The summed E-state index contributed by atoms with van der Waals surface area (Å²) in [7, 11) is 1.67. The van der Waals surface area contributed by atoms with E-state index in [9.17, 15) is 4.79 Å². The highest BCUT2D eigenvalue weighted by Gasteiger charge is 2.08. The molecule has 0 aliphatic carbocycles. The number of nitrogens with zero attached hydrogens (tertiary/aromatic N) is 1. The Morgan fingerprint density at radius 2 is 2.00 bits per heavy atom. The van der Waals surface area contributed by atoms with Crippen LogP contribution in [0.15, 0.2) is 18.2 Å². The quantitative estimate of drug-likeness (QED) is 0.401. The smallest absolute Gasteiger partial charge is 0.296 e. The average Bonchev–Trinajstić information content (AvgIpc) is 2.20. The van der Waals surface area contributed by atoms with E-state index in [1.165, 1.54) is 10.5 Å².